The molecule has 3 heteroatoms. The number of rotatable bonds is 4. The van der Waals surface area contributed by atoms with Crippen molar-refractivity contribution in [1.82, 2.24) is 0 Å². The van der Waals surface area contributed by atoms with Gasteiger partial charge in [0.25, 0.3) is 0 Å². The van der Waals surface area contributed by atoms with Crippen LogP contribution in [0.25, 0.3) is 0 Å². The molecule has 0 amide bonds. The molecule has 0 aromatic heterocycles. The number of para-hydroxylation sites is 1. The summed E-state index contributed by atoms with van der Waals surface area (Å²) in [6.07, 6.45) is 0. The van der Waals surface area contributed by atoms with E-state index >= 15 is 0 Å². The number of nitrogens with one attached hydrogen (secondary N) is 1. The van der Waals surface area contributed by atoms with Crippen molar-refractivity contribution in [3.8, 4) is 0 Å². The Labute approximate surface area is 82.4 Å². The maximum absolute atomic E-state index is 11.1. The Morgan fingerprint density at radius 1 is 1.21 bits per heavy atom. The van der Waals surface area contributed by atoms with Gasteiger partial charge in [0.05, 0.1) is 5.70 Å². The number of hydrogen-bond acceptors (Lipinski definition) is 3. The first-order chi connectivity index (χ1) is 6.61. The van der Waals surface area contributed by atoms with Gasteiger partial charge in [0.15, 0.2) is 0 Å². The fraction of sp³-hybridized carbons (Fsp3) is 0.0909. The first-order valence-electron chi connectivity index (χ1n) is 4.17. The average molecular weight is 189 g/mol. The predicted octanol–water partition coefficient (Wildman–Crippen LogP) is 1.77. The molecule has 1 N–H and O–H groups in total. The highest BCUT2D eigenvalue weighted by Crippen LogP contribution is 2.08. The van der Waals surface area contributed by atoms with Crippen LogP contribution >= 0.6 is 0 Å². The van der Waals surface area contributed by atoms with Gasteiger partial charge in [0.2, 0.25) is 11.6 Å². The summed E-state index contributed by atoms with van der Waals surface area (Å²) in [5.41, 5.74) is 0.843. The molecule has 0 saturated heterocycles. The van der Waals surface area contributed by atoms with Gasteiger partial charge in [-0.1, -0.05) is 24.8 Å². The molecular weight excluding hydrogens is 178 g/mol. The summed E-state index contributed by atoms with van der Waals surface area (Å²) in [6.45, 7) is 4.71. The highest BCUT2D eigenvalue weighted by molar-refractivity contribution is 6.43. The zero-order valence-corrected chi connectivity index (χ0v) is 7.91. The highest BCUT2D eigenvalue weighted by Gasteiger charge is 2.11. The van der Waals surface area contributed by atoms with Gasteiger partial charge in [-0.25, -0.2) is 0 Å². The molecule has 0 saturated carbocycles. The minimum Gasteiger partial charge on any atom is -0.353 e. The molecule has 14 heavy (non-hydrogen) atoms. The highest BCUT2D eigenvalue weighted by atomic mass is 16.2. The number of Topliss-reactive ketones (excluding diaryl/α,β-unsaturated/α-hetero) is 2. The molecule has 3 nitrogen and oxygen atoms in total. The van der Waals surface area contributed by atoms with Crippen molar-refractivity contribution in [1.29, 1.82) is 0 Å². The van der Waals surface area contributed by atoms with Crippen LogP contribution in [0.2, 0.25) is 0 Å². The lowest BCUT2D eigenvalue weighted by molar-refractivity contribution is -0.132. The van der Waals surface area contributed by atoms with Crippen molar-refractivity contribution in [2.45, 2.75) is 6.92 Å². The number of allylic oxidation sites excluding steroid dienone is 1. The first-order valence-corrected chi connectivity index (χ1v) is 4.17. The summed E-state index contributed by atoms with van der Waals surface area (Å²) in [7, 11) is 0. The largest absolute Gasteiger partial charge is 0.353 e. The second-order valence-corrected chi connectivity index (χ2v) is 2.85. The zero-order chi connectivity index (χ0) is 10.6. The second kappa shape index (κ2) is 4.37. The normalized spacial score (nSPS) is 9.21. The Morgan fingerprint density at radius 2 is 1.79 bits per heavy atom. The van der Waals surface area contributed by atoms with Crippen molar-refractivity contribution < 1.29 is 9.59 Å². The van der Waals surface area contributed by atoms with E-state index in [2.05, 4.69) is 11.9 Å². The molecule has 0 radical (unpaired) electrons. The summed E-state index contributed by atoms with van der Waals surface area (Å²) in [5.74, 6) is -1.10. The fourth-order valence-corrected chi connectivity index (χ4v) is 0.965. The Balaban J connectivity index is 2.67. The molecule has 1 aromatic carbocycles. The molecule has 0 aliphatic rings. The minimum atomic E-state index is -0.589. The molecule has 0 spiro atoms. The summed E-state index contributed by atoms with van der Waals surface area (Å²) in [6, 6.07) is 9.10. The van der Waals surface area contributed by atoms with Gasteiger partial charge in [-0.15, -0.1) is 0 Å². The molecule has 72 valence electrons. The second-order valence-electron chi connectivity index (χ2n) is 2.85. The van der Waals surface area contributed by atoms with Crippen molar-refractivity contribution in [2.75, 3.05) is 5.32 Å². The molecule has 0 atom stereocenters. The number of hydrogen-bond donors (Lipinski definition) is 1. The Bertz CT molecular complexity index is 368. The summed E-state index contributed by atoms with van der Waals surface area (Å²) < 4.78 is 0. The Kier molecular flexibility index (Phi) is 3.18. The third kappa shape index (κ3) is 2.55. The van der Waals surface area contributed by atoms with Crippen LogP contribution < -0.4 is 5.32 Å². The molecule has 0 unspecified atom stereocenters. The van der Waals surface area contributed by atoms with Crippen LogP contribution in [0, 0.1) is 0 Å². The SMILES string of the molecule is C=C(Nc1ccccc1)C(=O)C(C)=O. The van der Waals surface area contributed by atoms with Crippen LogP contribution in [0.4, 0.5) is 5.69 Å². The maximum atomic E-state index is 11.1. The van der Waals surface area contributed by atoms with Crippen molar-refractivity contribution in [3.05, 3.63) is 42.6 Å². The minimum absolute atomic E-state index is 0.101. The van der Waals surface area contributed by atoms with Crippen molar-refractivity contribution in [2.24, 2.45) is 0 Å². The Hall–Kier alpha value is -1.90. The van der Waals surface area contributed by atoms with Crippen LogP contribution in [0.1, 0.15) is 6.92 Å². The van der Waals surface area contributed by atoms with Gasteiger partial charge in [-0.2, -0.15) is 0 Å². The summed E-state index contributed by atoms with van der Waals surface area (Å²) in [4.78, 5) is 21.9. The molecule has 0 bridgehead atoms. The van der Waals surface area contributed by atoms with Crippen LogP contribution in [0.5, 0.6) is 0 Å². The molecule has 0 aliphatic heterocycles. The molecule has 1 aromatic rings. The average Bonchev–Trinajstić information content (AvgIpc) is 2.18. The number of carbonyl (C=O) groups is 2. The third-order valence-corrected chi connectivity index (χ3v) is 1.66. The van der Waals surface area contributed by atoms with Crippen molar-refractivity contribution >= 4 is 17.3 Å². The lowest BCUT2D eigenvalue weighted by atomic mass is 10.2. The number of benzene rings is 1. The van der Waals surface area contributed by atoms with Crippen LogP contribution in [0.15, 0.2) is 42.6 Å². The van der Waals surface area contributed by atoms with Gasteiger partial charge in [0.1, 0.15) is 0 Å². The first kappa shape index (κ1) is 10.2. The zero-order valence-electron chi connectivity index (χ0n) is 7.91. The predicted molar refractivity (Wildman–Crippen MR) is 54.9 cm³/mol. The van der Waals surface area contributed by atoms with Gasteiger partial charge >= 0.3 is 0 Å². The fourth-order valence-electron chi connectivity index (χ4n) is 0.965. The lowest BCUT2D eigenvalue weighted by Gasteiger charge is -2.05. The van der Waals surface area contributed by atoms with Crippen LogP contribution in [-0.2, 0) is 9.59 Å². The van der Waals surface area contributed by atoms with Crippen LogP contribution in [0.3, 0.4) is 0 Å². The van der Waals surface area contributed by atoms with Gasteiger partial charge in [-0.3, -0.25) is 9.59 Å². The molecule has 1 rings (SSSR count). The lowest BCUT2D eigenvalue weighted by Crippen LogP contribution is -2.17. The molecule has 0 heterocycles. The smallest absolute Gasteiger partial charge is 0.243 e. The van der Waals surface area contributed by atoms with E-state index in [1.165, 1.54) is 6.92 Å². The molecule has 0 fully saturated rings. The standard InChI is InChI=1S/C11H11NO2/c1-8(11(14)9(2)13)12-10-6-4-3-5-7-10/h3-7,12H,1H2,2H3. The molecular formula is C11H11NO2. The van der Waals surface area contributed by atoms with E-state index in [1.54, 1.807) is 12.1 Å². The summed E-state index contributed by atoms with van der Waals surface area (Å²) in [5, 5.41) is 2.76. The monoisotopic (exact) mass is 189 g/mol. The van der Waals surface area contributed by atoms with E-state index in [0.29, 0.717) is 0 Å². The number of anilines is 1. The maximum Gasteiger partial charge on any atom is 0.243 e. The van der Waals surface area contributed by atoms with E-state index in [1.807, 2.05) is 18.2 Å². The summed E-state index contributed by atoms with van der Waals surface area (Å²) >= 11 is 0. The van der Waals surface area contributed by atoms with Gasteiger partial charge in [-0.05, 0) is 12.1 Å². The third-order valence-electron chi connectivity index (χ3n) is 1.66. The van der Waals surface area contributed by atoms with Gasteiger partial charge in [0, 0.05) is 12.6 Å². The Morgan fingerprint density at radius 3 is 2.29 bits per heavy atom. The van der Waals surface area contributed by atoms with Crippen LogP contribution in [-0.4, -0.2) is 11.6 Å². The number of carbonyl (C=O) groups excluding carboxylic acids is 2. The van der Waals surface area contributed by atoms with E-state index in [9.17, 15) is 9.59 Å². The van der Waals surface area contributed by atoms with E-state index in [0.717, 1.165) is 5.69 Å². The van der Waals surface area contributed by atoms with Gasteiger partial charge < -0.3 is 5.32 Å². The quantitative estimate of drug-likeness (QED) is 0.580. The number of ketones is 2. The van der Waals surface area contributed by atoms with E-state index in [4.69, 9.17) is 0 Å². The van der Waals surface area contributed by atoms with E-state index in [-0.39, 0.29) is 5.70 Å². The molecule has 0 aliphatic carbocycles. The van der Waals surface area contributed by atoms with E-state index < -0.39 is 11.6 Å². The van der Waals surface area contributed by atoms with Crippen molar-refractivity contribution in [3.63, 3.8) is 0 Å². The topological polar surface area (TPSA) is 46.2 Å².